The molecule has 8 nitrogen and oxygen atoms in total. The van der Waals surface area contributed by atoms with Crippen LogP contribution in [-0.2, 0) is 18.9 Å². The number of carbonyl (C=O) groups is 2. The molecule has 2 aliphatic heterocycles. The molecule has 0 unspecified atom stereocenters. The van der Waals surface area contributed by atoms with E-state index in [-0.39, 0.29) is 13.2 Å². The van der Waals surface area contributed by atoms with Gasteiger partial charge in [-0.15, -0.1) is 0 Å². The van der Waals surface area contributed by atoms with Crippen LogP contribution in [-0.4, -0.2) is 49.6 Å². The third-order valence-electron chi connectivity index (χ3n) is 6.62. The van der Waals surface area contributed by atoms with Gasteiger partial charge in [-0.25, -0.2) is 9.59 Å². The molecule has 8 heteroatoms. The number of ether oxygens (including phenoxy) is 6. The summed E-state index contributed by atoms with van der Waals surface area (Å²) in [5, 5.41) is 0. The summed E-state index contributed by atoms with van der Waals surface area (Å²) in [6.07, 6.45) is -2.28. The zero-order valence-corrected chi connectivity index (χ0v) is 21.4. The first kappa shape index (κ1) is 25.6. The second-order valence-corrected chi connectivity index (χ2v) is 9.36. The van der Waals surface area contributed by atoms with E-state index in [0.717, 1.165) is 0 Å². The highest BCUT2D eigenvalue weighted by atomic mass is 16.7. The number of esters is 2. The molecule has 2 aliphatic rings. The summed E-state index contributed by atoms with van der Waals surface area (Å²) >= 11 is 0. The van der Waals surface area contributed by atoms with Gasteiger partial charge in [-0.3, -0.25) is 0 Å². The Bertz CT molecular complexity index is 1330. The lowest BCUT2D eigenvalue weighted by molar-refractivity contribution is -0.0287. The molecule has 2 saturated heterocycles. The summed E-state index contributed by atoms with van der Waals surface area (Å²) in [6.45, 7) is 0.297. The number of hydrogen-bond donors (Lipinski definition) is 0. The van der Waals surface area contributed by atoms with E-state index in [2.05, 4.69) is 0 Å². The largest absolute Gasteiger partial charge is 0.457 e. The Balaban J connectivity index is 1.01. The Hall–Kier alpha value is -4.66. The number of carbonyl (C=O) groups excluding carboxylic acids is 2. The minimum atomic E-state index is -0.615. The summed E-state index contributed by atoms with van der Waals surface area (Å²) in [7, 11) is 0. The van der Waals surface area contributed by atoms with Gasteiger partial charge in [0.2, 0.25) is 0 Å². The van der Waals surface area contributed by atoms with Gasteiger partial charge in [0.05, 0.1) is 24.3 Å². The minimum Gasteiger partial charge on any atom is -0.457 e. The predicted octanol–water partition coefficient (Wildman–Crippen LogP) is 5.82. The van der Waals surface area contributed by atoms with Gasteiger partial charge in [0.15, 0.2) is 12.2 Å². The Labute approximate surface area is 231 Å². The molecule has 0 aliphatic carbocycles. The number of benzene rings is 4. The molecule has 0 amide bonds. The summed E-state index contributed by atoms with van der Waals surface area (Å²) in [5.41, 5.74) is 0.758. The van der Waals surface area contributed by atoms with Crippen LogP contribution in [0.1, 0.15) is 20.7 Å². The second kappa shape index (κ2) is 11.6. The lowest BCUT2D eigenvalue weighted by atomic mass is 10.1. The van der Waals surface area contributed by atoms with Crippen molar-refractivity contribution < 1.29 is 38.0 Å². The van der Waals surface area contributed by atoms with Crippen LogP contribution >= 0.6 is 0 Å². The first-order valence-electron chi connectivity index (χ1n) is 12.9. The maximum Gasteiger partial charge on any atom is 0.338 e. The minimum absolute atomic E-state index is 0.149. The van der Waals surface area contributed by atoms with Crippen LogP contribution in [0.2, 0.25) is 0 Å². The summed E-state index contributed by atoms with van der Waals surface area (Å²) < 4.78 is 34.6. The highest BCUT2D eigenvalue weighted by Gasteiger charge is 2.51. The van der Waals surface area contributed by atoms with Gasteiger partial charge in [-0.05, 0) is 72.8 Å². The van der Waals surface area contributed by atoms with Crippen molar-refractivity contribution in [3.8, 4) is 23.0 Å². The van der Waals surface area contributed by atoms with Crippen LogP contribution < -0.4 is 9.47 Å². The normalized spacial score (nSPS) is 21.3. The first-order valence-corrected chi connectivity index (χ1v) is 12.9. The fourth-order valence-electron chi connectivity index (χ4n) is 4.61. The molecule has 0 bridgehead atoms. The van der Waals surface area contributed by atoms with Crippen LogP contribution in [0.4, 0.5) is 0 Å². The van der Waals surface area contributed by atoms with Gasteiger partial charge in [-0.1, -0.05) is 36.4 Å². The van der Waals surface area contributed by atoms with E-state index in [1.807, 2.05) is 60.7 Å². The van der Waals surface area contributed by atoms with Gasteiger partial charge in [0.25, 0.3) is 0 Å². The molecule has 6 rings (SSSR count). The Morgan fingerprint density at radius 2 is 0.850 bits per heavy atom. The Morgan fingerprint density at radius 3 is 1.23 bits per heavy atom. The molecule has 0 radical (unpaired) electrons. The molecule has 4 aromatic carbocycles. The molecule has 4 aromatic rings. The van der Waals surface area contributed by atoms with Gasteiger partial charge in [0, 0.05) is 0 Å². The fraction of sp³-hybridized carbons (Fsp3) is 0.188. The SMILES string of the molecule is O=C(O[C@H]1CO[C@@H]2[C@H]1OC[C@H]2OC(=O)c1ccc(Oc2ccccc2)cc1)c1ccc(Oc2ccccc2)cc1. The number of fused-ring (bicyclic) bond motifs is 1. The third-order valence-corrected chi connectivity index (χ3v) is 6.62. The van der Waals surface area contributed by atoms with Crippen LogP contribution in [0.5, 0.6) is 23.0 Å². The van der Waals surface area contributed by atoms with Crippen molar-refractivity contribution in [3.63, 3.8) is 0 Å². The zero-order valence-electron chi connectivity index (χ0n) is 21.4. The van der Waals surface area contributed by atoms with Crippen LogP contribution in [0, 0.1) is 0 Å². The molecule has 4 atom stereocenters. The van der Waals surface area contributed by atoms with Crippen LogP contribution in [0.3, 0.4) is 0 Å². The monoisotopic (exact) mass is 538 g/mol. The average Bonchev–Trinajstić information content (AvgIpc) is 3.58. The summed E-state index contributed by atoms with van der Waals surface area (Å²) in [4.78, 5) is 25.6. The predicted molar refractivity (Wildman–Crippen MR) is 144 cm³/mol. The van der Waals surface area contributed by atoms with Gasteiger partial charge >= 0.3 is 11.9 Å². The zero-order chi connectivity index (χ0) is 27.3. The summed E-state index contributed by atoms with van der Waals surface area (Å²) in [6, 6.07) is 32.2. The molecule has 0 N–H and O–H groups in total. The number of para-hydroxylation sites is 2. The van der Waals surface area contributed by atoms with Crippen LogP contribution in [0.25, 0.3) is 0 Å². The molecular weight excluding hydrogens is 512 g/mol. The first-order chi connectivity index (χ1) is 19.6. The molecular formula is C32H26O8. The number of hydrogen-bond acceptors (Lipinski definition) is 8. The number of rotatable bonds is 8. The molecule has 2 fully saturated rings. The van der Waals surface area contributed by atoms with Crippen molar-refractivity contribution in [2.24, 2.45) is 0 Å². The fourth-order valence-corrected chi connectivity index (χ4v) is 4.61. The van der Waals surface area contributed by atoms with E-state index in [9.17, 15) is 9.59 Å². The lowest BCUT2D eigenvalue weighted by Crippen LogP contribution is -2.36. The quantitative estimate of drug-likeness (QED) is 0.259. The molecule has 40 heavy (non-hydrogen) atoms. The van der Waals surface area contributed by atoms with E-state index in [4.69, 9.17) is 28.4 Å². The molecule has 0 aromatic heterocycles. The highest BCUT2D eigenvalue weighted by Crippen LogP contribution is 2.32. The highest BCUT2D eigenvalue weighted by molar-refractivity contribution is 5.90. The van der Waals surface area contributed by atoms with Crippen molar-refractivity contribution in [1.82, 2.24) is 0 Å². The summed E-state index contributed by atoms with van der Waals surface area (Å²) in [5.74, 6) is 1.62. The average molecular weight is 539 g/mol. The van der Waals surface area contributed by atoms with Crippen LogP contribution in [0.15, 0.2) is 109 Å². The van der Waals surface area contributed by atoms with Crippen molar-refractivity contribution >= 4 is 11.9 Å². The van der Waals surface area contributed by atoms with E-state index < -0.39 is 36.4 Å². The van der Waals surface area contributed by atoms with Crippen molar-refractivity contribution in [3.05, 3.63) is 120 Å². The van der Waals surface area contributed by atoms with Gasteiger partial charge in [0.1, 0.15) is 35.2 Å². The maximum absolute atomic E-state index is 12.8. The smallest absolute Gasteiger partial charge is 0.338 e. The van der Waals surface area contributed by atoms with E-state index in [1.54, 1.807) is 48.5 Å². The molecule has 202 valence electrons. The van der Waals surface area contributed by atoms with Crippen molar-refractivity contribution in [2.45, 2.75) is 24.4 Å². The molecule has 0 saturated carbocycles. The van der Waals surface area contributed by atoms with E-state index in [1.165, 1.54) is 0 Å². The maximum atomic E-state index is 12.8. The van der Waals surface area contributed by atoms with E-state index in [0.29, 0.717) is 34.1 Å². The molecule has 0 spiro atoms. The Morgan fingerprint density at radius 1 is 0.500 bits per heavy atom. The van der Waals surface area contributed by atoms with Gasteiger partial charge < -0.3 is 28.4 Å². The van der Waals surface area contributed by atoms with E-state index >= 15 is 0 Å². The topological polar surface area (TPSA) is 89.5 Å². The lowest BCUT2D eigenvalue weighted by Gasteiger charge is -2.17. The van der Waals surface area contributed by atoms with Crippen molar-refractivity contribution in [1.29, 1.82) is 0 Å². The second-order valence-electron chi connectivity index (χ2n) is 9.36. The van der Waals surface area contributed by atoms with Gasteiger partial charge in [-0.2, -0.15) is 0 Å². The standard InChI is InChI=1S/C32H26O8/c33-31(21-11-15-25(16-12-21)37-23-7-3-1-4-8-23)39-27-19-35-30-28(20-36-29(27)30)40-32(34)22-13-17-26(18-14-22)38-24-9-5-2-6-10-24/h1-18,27-30H,19-20H2/t27-,28+,29-,30-/m0/s1. The Kier molecular flexibility index (Phi) is 7.43. The van der Waals surface area contributed by atoms with Crippen molar-refractivity contribution in [2.75, 3.05) is 13.2 Å². The third kappa shape index (κ3) is 5.83. The molecule has 2 heterocycles.